The second-order valence-corrected chi connectivity index (χ2v) is 6.30. The van der Waals surface area contributed by atoms with Gasteiger partial charge in [0.25, 0.3) is 5.91 Å². The lowest BCUT2D eigenvalue weighted by Crippen LogP contribution is -2.41. The summed E-state index contributed by atoms with van der Waals surface area (Å²) in [6.45, 7) is 4.46. The molecule has 0 radical (unpaired) electrons. The first kappa shape index (κ1) is 17.1. The maximum atomic E-state index is 12.9. The minimum atomic E-state index is -0.625. The van der Waals surface area contributed by atoms with E-state index >= 15 is 0 Å². The van der Waals surface area contributed by atoms with Crippen LogP contribution in [0.15, 0.2) is 24.3 Å². The van der Waals surface area contributed by atoms with Crippen LogP contribution in [-0.2, 0) is 20.9 Å². The molecule has 1 aromatic carbocycles. The van der Waals surface area contributed by atoms with Gasteiger partial charge in [0.2, 0.25) is 11.7 Å². The largest absolute Gasteiger partial charge is 0.344 e. The van der Waals surface area contributed by atoms with Crippen molar-refractivity contribution in [1.82, 2.24) is 10.2 Å². The van der Waals surface area contributed by atoms with E-state index in [9.17, 15) is 18.8 Å². The van der Waals surface area contributed by atoms with Crippen LogP contribution in [0.1, 0.15) is 32.3 Å². The predicted molar refractivity (Wildman–Crippen MR) is 82.8 cm³/mol. The number of amides is 2. The van der Waals surface area contributed by atoms with E-state index in [1.807, 2.05) is 13.8 Å². The van der Waals surface area contributed by atoms with Gasteiger partial charge in [0.15, 0.2) is 0 Å². The molecule has 0 saturated carbocycles. The van der Waals surface area contributed by atoms with E-state index in [1.54, 1.807) is 17.0 Å². The minimum Gasteiger partial charge on any atom is -0.344 e. The Morgan fingerprint density at radius 1 is 1.30 bits per heavy atom. The average molecular weight is 320 g/mol. The van der Waals surface area contributed by atoms with Gasteiger partial charge in [-0.2, -0.15) is 0 Å². The monoisotopic (exact) mass is 320 g/mol. The molecule has 2 amide bonds. The summed E-state index contributed by atoms with van der Waals surface area (Å²) in [6, 6.07) is 5.59. The second kappa shape index (κ2) is 7.35. The van der Waals surface area contributed by atoms with Crippen LogP contribution in [0.3, 0.4) is 0 Å². The van der Waals surface area contributed by atoms with E-state index in [4.69, 9.17) is 0 Å². The number of ketones is 1. The molecule has 23 heavy (non-hydrogen) atoms. The smallest absolute Gasteiger partial charge is 0.287 e. The Hall–Kier alpha value is -2.24. The molecule has 0 unspecified atom stereocenters. The Balaban J connectivity index is 1.88. The summed E-state index contributed by atoms with van der Waals surface area (Å²) in [4.78, 5) is 37.1. The molecular formula is C17H21FN2O3. The maximum Gasteiger partial charge on any atom is 0.287 e. The van der Waals surface area contributed by atoms with Crippen molar-refractivity contribution in [3.8, 4) is 0 Å². The number of carbonyl (C=O) groups excluding carboxylic acids is 3. The highest BCUT2D eigenvalue weighted by Crippen LogP contribution is 2.15. The molecule has 2 rings (SSSR count). The lowest BCUT2D eigenvalue weighted by molar-refractivity contribution is -0.138. The molecule has 1 heterocycles. The standard InChI is InChI=1S/C17H21FN2O3/c1-11(2)7-15(21)17(23)19-14-8-16(22)20(10-14)9-12-3-5-13(18)6-4-12/h3-6,11,14H,7-10H2,1-2H3,(H,19,23)/t14-/m1/s1. The third kappa shape index (κ3) is 4.87. The zero-order valence-corrected chi connectivity index (χ0v) is 13.3. The molecule has 1 atom stereocenters. The van der Waals surface area contributed by atoms with E-state index in [1.165, 1.54) is 12.1 Å². The van der Waals surface area contributed by atoms with Crippen LogP contribution in [-0.4, -0.2) is 35.1 Å². The van der Waals surface area contributed by atoms with Gasteiger partial charge in [0.05, 0.1) is 6.04 Å². The van der Waals surface area contributed by atoms with Crippen LogP contribution in [0.5, 0.6) is 0 Å². The first-order valence-electron chi connectivity index (χ1n) is 7.71. The van der Waals surface area contributed by atoms with E-state index in [0.29, 0.717) is 13.1 Å². The fourth-order valence-electron chi connectivity index (χ4n) is 2.56. The number of nitrogens with one attached hydrogen (secondary N) is 1. The zero-order chi connectivity index (χ0) is 17.0. The quantitative estimate of drug-likeness (QED) is 0.811. The fourth-order valence-corrected chi connectivity index (χ4v) is 2.56. The Morgan fingerprint density at radius 2 is 1.96 bits per heavy atom. The summed E-state index contributed by atoms with van der Waals surface area (Å²) >= 11 is 0. The minimum absolute atomic E-state index is 0.0871. The third-order valence-corrected chi connectivity index (χ3v) is 3.68. The third-order valence-electron chi connectivity index (χ3n) is 3.68. The molecule has 1 N–H and O–H groups in total. The van der Waals surface area contributed by atoms with Crippen LogP contribution < -0.4 is 5.32 Å². The highest BCUT2D eigenvalue weighted by molar-refractivity contribution is 6.36. The first-order valence-corrected chi connectivity index (χ1v) is 7.71. The van der Waals surface area contributed by atoms with Crippen molar-refractivity contribution in [2.75, 3.05) is 6.54 Å². The SMILES string of the molecule is CC(C)CC(=O)C(=O)N[C@@H]1CC(=O)N(Cc2ccc(F)cc2)C1. The molecule has 6 heteroatoms. The van der Waals surface area contributed by atoms with Crippen molar-refractivity contribution >= 4 is 17.6 Å². The van der Waals surface area contributed by atoms with Crippen molar-refractivity contribution in [3.63, 3.8) is 0 Å². The maximum absolute atomic E-state index is 12.9. The van der Waals surface area contributed by atoms with Gasteiger partial charge in [0, 0.05) is 25.9 Å². The van der Waals surface area contributed by atoms with E-state index in [-0.39, 0.29) is 36.5 Å². The lowest BCUT2D eigenvalue weighted by atomic mass is 10.1. The van der Waals surface area contributed by atoms with Crippen molar-refractivity contribution in [2.24, 2.45) is 5.92 Å². The number of likely N-dealkylation sites (tertiary alicyclic amines) is 1. The second-order valence-electron chi connectivity index (χ2n) is 6.30. The van der Waals surface area contributed by atoms with E-state index < -0.39 is 11.7 Å². The Bertz CT molecular complexity index is 598. The molecule has 5 nitrogen and oxygen atoms in total. The van der Waals surface area contributed by atoms with Gasteiger partial charge >= 0.3 is 0 Å². The Labute approximate surface area is 134 Å². The van der Waals surface area contributed by atoms with Gasteiger partial charge in [0.1, 0.15) is 5.82 Å². The Kier molecular flexibility index (Phi) is 5.47. The van der Waals surface area contributed by atoms with Crippen LogP contribution in [0.25, 0.3) is 0 Å². The highest BCUT2D eigenvalue weighted by atomic mass is 19.1. The number of carbonyl (C=O) groups is 3. The van der Waals surface area contributed by atoms with E-state index in [0.717, 1.165) is 5.56 Å². The average Bonchev–Trinajstić information content (AvgIpc) is 2.80. The highest BCUT2D eigenvalue weighted by Gasteiger charge is 2.31. The van der Waals surface area contributed by atoms with Gasteiger partial charge in [-0.15, -0.1) is 0 Å². The fraction of sp³-hybridized carbons (Fsp3) is 0.471. The zero-order valence-electron chi connectivity index (χ0n) is 13.3. The molecule has 1 fully saturated rings. The van der Waals surface area contributed by atoms with Crippen molar-refractivity contribution in [2.45, 2.75) is 39.3 Å². The van der Waals surface area contributed by atoms with Crippen molar-refractivity contribution < 1.29 is 18.8 Å². The summed E-state index contributed by atoms with van der Waals surface area (Å²) in [5, 5.41) is 2.63. The number of hydrogen-bond donors (Lipinski definition) is 1. The van der Waals surface area contributed by atoms with Gasteiger partial charge in [-0.05, 0) is 23.6 Å². The summed E-state index contributed by atoms with van der Waals surface area (Å²) in [6.07, 6.45) is 0.383. The number of rotatable bonds is 6. The Morgan fingerprint density at radius 3 is 2.57 bits per heavy atom. The molecule has 0 bridgehead atoms. The van der Waals surface area contributed by atoms with Crippen molar-refractivity contribution in [1.29, 1.82) is 0 Å². The lowest BCUT2D eigenvalue weighted by Gasteiger charge is -2.17. The van der Waals surface area contributed by atoms with Gasteiger partial charge in [-0.25, -0.2) is 4.39 Å². The summed E-state index contributed by atoms with van der Waals surface area (Å²) in [5.41, 5.74) is 0.822. The van der Waals surface area contributed by atoms with Crippen LogP contribution in [0.4, 0.5) is 4.39 Å². The number of hydrogen-bond acceptors (Lipinski definition) is 3. The molecule has 0 spiro atoms. The van der Waals surface area contributed by atoms with Gasteiger partial charge in [-0.3, -0.25) is 14.4 Å². The van der Waals surface area contributed by atoms with Crippen molar-refractivity contribution in [3.05, 3.63) is 35.6 Å². The molecule has 1 aliphatic heterocycles. The number of halogens is 1. The summed E-state index contributed by atoms with van der Waals surface area (Å²) in [5.74, 6) is -1.37. The summed E-state index contributed by atoms with van der Waals surface area (Å²) in [7, 11) is 0. The molecule has 1 aromatic rings. The number of Topliss-reactive ketones (excluding diaryl/α,β-unsaturated/α-hetero) is 1. The predicted octanol–water partition coefficient (Wildman–Crippen LogP) is 1.66. The molecule has 1 saturated heterocycles. The summed E-state index contributed by atoms with van der Waals surface area (Å²) < 4.78 is 12.9. The molecular weight excluding hydrogens is 299 g/mol. The molecule has 124 valence electrons. The normalized spacial score (nSPS) is 17.7. The molecule has 1 aliphatic rings. The van der Waals surface area contributed by atoms with Crippen LogP contribution in [0.2, 0.25) is 0 Å². The topological polar surface area (TPSA) is 66.5 Å². The molecule has 0 aromatic heterocycles. The van der Waals surface area contributed by atoms with Gasteiger partial charge in [-0.1, -0.05) is 26.0 Å². The van der Waals surface area contributed by atoms with Gasteiger partial charge < -0.3 is 10.2 Å². The number of benzene rings is 1. The molecule has 0 aliphatic carbocycles. The van der Waals surface area contributed by atoms with Crippen LogP contribution >= 0.6 is 0 Å². The van der Waals surface area contributed by atoms with E-state index in [2.05, 4.69) is 5.32 Å². The number of nitrogens with zero attached hydrogens (tertiary/aromatic N) is 1. The van der Waals surface area contributed by atoms with Crippen LogP contribution in [0, 0.1) is 11.7 Å². The first-order chi connectivity index (χ1) is 10.8.